The number of nitrogens with zero attached hydrogens (tertiary/aromatic N) is 5. The lowest BCUT2D eigenvalue weighted by Gasteiger charge is -2.21. The molecule has 1 aromatic carbocycles. The third-order valence-electron chi connectivity index (χ3n) is 4.46. The fourth-order valence-electron chi connectivity index (χ4n) is 3.19. The van der Waals surface area contributed by atoms with Crippen LogP contribution in [0.5, 0.6) is 0 Å². The van der Waals surface area contributed by atoms with Gasteiger partial charge < -0.3 is 15.6 Å². The number of nitrogens with one attached hydrogen (secondary N) is 1. The zero-order valence-electron chi connectivity index (χ0n) is 14.4. The van der Waals surface area contributed by atoms with E-state index in [2.05, 4.69) is 30.4 Å². The van der Waals surface area contributed by atoms with E-state index in [4.69, 9.17) is 10.3 Å². The molecular weight excluding hydrogens is 330 g/mol. The number of benzene rings is 1. The van der Waals surface area contributed by atoms with Crippen LogP contribution in [0.4, 0.5) is 12.0 Å². The van der Waals surface area contributed by atoms with Crippen LogP contribution >= 0.6 is 0 Å². The Morgan fingerprint density at radius 2 is 1.77 bits per heavy atom. The fourth-order valence-corrected chi connectivity index (χ4v) is 3.19. The smallest absolute Gasteiger partial charge is 0.322 e. The SMILES string of the molecule is Nc1nc(Cc2ccccc2)nc(-c2noc(NC3CCCCC3)n2)n1. The van der Waals surface area contributed by atoms with Crippen molar-refractivity contribution in [1.29, 1.82) is 0 Å². The Morgan fingerprint density at radius 3 is 2.58 bits per heavy atom. The summed E-state index contributed by atoms with van der Waals surface area (Å²) in [6.07, 6.45) is 6.56. The van der Waals surface area contributed by atoms with Gasteiger partial charge in [0.15, 0.2) is 0 Å². The summed E-state index contributed by atoms with van der Waals surface area (Å²) in [6, 6.07) is 10.7. The molecule has 8 heteroatoms. The third-order valence-corrected chi connectivity index (χ3v) is 4.46. The Bertz CT molecular complexity index is 859. The van der Waals surface area contributed by atoms with Crippen LogP contribution in [-0.4, -0.2) is 31.1 Å². The minimum atomic E-state index is 0.146. The van der Waals surface area contributed by atoms with Crippen molar-refractivity contribution in [2.75, 3.05) is 11.1 Å². The first-order valence-electron chi connectivity index (χ1n) is 8.91. The fraction of sp³-hybridized carbons (Fsp3) is 0.389. The van der Waals surface area contributed by atoms with Crippen molar-refractivity contribution < 1.29 is 4.52 Å². The number of anilines is 2. The van der Waals surface area contributed by atoms with E-state index in [1.807, 2.05) is 30.3 Å². The maximum Gasteiger partial charge on any atom is 0.322 e. The number of nitrogen functional groups attached to an aromatic ring is 1. The Kier molecular flexibility index (Phi) is 4.72. The molecule has 0 atom stereocenters. The van der Waals surface area contributed by atoms with Crippen LogP contribution in [0.3, 0.4) is 0 Å². The van der Waals surface area contributed by atoms with Gasteiger partial charge >= 0.3 is 6.01 Å². The van der Waals surface area contributed by atoms with Crippen LogP contribution < -0.4 is 11.1 Å². The molecule has 1 aliphatic carbocycles. The van der Waals surface area contributed by atoms with E-state index in [0.29, 0.717) is 36.0 Å². The second-order valence-electron chi connectivity index (χ2n) is 6.50. The molecule has 1 fully saturated rings. The Morgan fingerprint density at radius 1 is 0.962 bits per heavy atom. The lowest BCUT2D eigenvalue weighted by Crippen LogP contribution is -2.22. The molecule has 0 bridgehead atoms. The Hall–Kier alpha value is -3.03. The largest absolute Gasteiger partial charge is 0.368 e. The van der Waals surface area contributed by atoms with E-state index in [1.54, 1.807) is 0 Å². The van der Waals surface area contributed by atoms with Gasteiger partial charge in [-0.2, -0.15) is 15.0 Å². The predicted molar refractivity (Wildman–Crippen MR) is 97.3 cm³/mol. The third kappa shape index (κ3) is 3.96. The van der Waals surface area contributed by atoms with E-state index >= 15 is 0 Å². The summed E-state index contributed by atoms with van der Waals surface area (Å²) in [6.45, 7) is 0. The zero-order valence-corrected chi connectivity index (χ0v) is 14.4. The monoisotopic (exact) mass is 351 g/mol. The average Bonchev–Trinajstić information content (AvgIpc) is 3.11. The number of rotatable bonds is 5. The van der Waals surface area contributed by atoms with Crippen LogP contribution in [0, 0.1) is 0 Å². The molecule has 1 aliphatic rings. The molecule has 0 aliphatic heterocycles. The predicted octanol–water partition coefficient (Wildman–Crippen LogP) is 2.84. The molecule has 3 N–H and O–H groups in total. The van der Waals surface area contributed by atoms with Crippen molar-refractivity contribution in [1.82, 2.24) is 25.1 Å². The maximum absolute atomic E-state index is 5.84. The molecule has 0 saturated heterocycles. The van der Waals surface area contributed by atoms with E-state index in [0.717, 1.165) is 18.4 Å². The van der Waals surface area contributed by atoms with Gasteiger partial charge in [-0.1, -0.05) is 54.8 Å². The summed E-state index contributed by atoms with van der Waals surface area (Å²) in [4.78, 5) is 17.2. The normalized spacial score (nSPS) is 15.1. The molecule has 134 valence electrons. The van der Waals surface area contributed by atoms with Crippen molar-refractivity contribution in [2.45, 2.75) is 44.6 Å². The van der Waals surface area contributed by atoms with Crippen molar-refractivity contribution in [3.63, 3.8) is 0 Å². The molecule has 1 saturated carbocycles. The summed E-state index contributed by atoms with van der Waals surface area (Å²) in [5.74, 6) is 1.36. The van der Waals surface area contributed by atoms with E-state index in [9.17, 15) is 0 Å². The van der Waals surface area contributed by atoms with Gasteiger partial charge in [-0.25, -0.2) is 4.98 Å². The summed E-state index contributed by atoms with van der Waals surface area (Å²) < 4.78 is 5.31. The Balaban J connectivity index is 1.52. The number of aromatic nitrogens is 5. The van der Waals surface area contributed by atoms with Crippen LogP contribution in [0.15, 0.2) is 34.9 Å². The molecular formula is C18H21N7O. The highest BCUT2D eigenvalue weighted by molar-refractivity contribution is 5.46. The number of nitrogens with two attached hydrogens (primary N) is 1. The molecule has 0 unspecified atom stereocenters. The molecule has 2 aromatic heterocycles. The highest BCUT2D eigenvalue weighted by Crippen LogP contribution is 2.22. The van der Waals surface area contributed by atoms with E-state index in [1.165, 1.54) is 19.3 Å². The molecule has 0 spiro atoms. The summed E-state index contributed by atoms with van der Waals surface area (Å²) in [7, 11) is 0. The van der Waals surface area contributed by atoms with Crippen LogP contribution in [0.25, 0.3) is 11.6 Å². The molecule has 8 nitrogen and oxygen atoms in total. The average molecular weight is 351 g/mol. The standard InChI is InChI=1S/C18H21N7O/c19-17-22-14(11-12-7-3-1-4-8-12)21-15(23-17)16-24-18(26-25-16)20-13-9-5-2-6-10-13/h1,3-4,7-8,13H,2,5-6,9-11H2,(H,20,24,25)(H2,19,21,22,23). The van der Waals surface area contributed by atoms with Crippen molar-refractivity contribution in [3.05, 3.63) is 41.7 Å². The minimum absolute atomic E-state index is 0.146. The first-order chi connectivity index (χ1) is 12.8. The summed E-state index contributed by atoms with van der Waals surface area (Å²) in [5, 5.41) is 7.28. The van der Waals surface area contributed by atoms with Gasteiger partial charge in [0.25, 0.3) is 0 Å². The van der Waals surface area contributed by atoms with Gasteiger partial charge in [0, 0.05) is 12.5 Å². The molecule has 0 amide bonds. The van der Waals surface area contributed by atoms with Gasteiger partial charge in [-0.05, 0) is 18.4 Å². The van der Waals surface area contributed by atoms with Crippen LogP contribution in [0.2, 0.25) is 0 Å². The summed E-state index contributed by atoms with van der Waals surface area (Å²) in [5.41, 5.74) is 6.94. The lowest BCUT2D eigenvalue weighted by atomic mass is 9.96. The second kappa shape index (κ2) is 7.47. The molecule has 4 rings (SSSR count). The van der Waals surface area contributed by atoms with E-state index < -0.39 is 0 Å². The quantitative estimate of drug-likeness (QED) is 0.721. The van der Waals surface area contributed by atoms with Crippen molar-refractivity contribution >= 4 is 12.0 Å². The highest BCUT2D eigenvalue weighted by atomic mass is 16.5. The molecule has 26 heavy (non-hydrogen) atoms. The number of hydrogen-bond acceptors (Lipinski definition) is 8. The second-order valence-corrected chi connectivity index (χ2v) is 6.50. The first-order valence-corrected chi connectivity index (χ1v) is 8.91. The van der Waals surface area contributed by atoms with Crippen molar-refractivity contribution in [2.24, 2.45) is 0 Å². The van der Waals surface area contributed by atoms with Gasteiger partial charge in [-0.15, -0.1) is 0 Å². The first kappa shape index (κ1) is 16.4. The molecule has 2 heterocycles. The lowest BCUT2D eigenvalue weighted by molar-refractivity contribution is 0.407. The van der Waals surface area contributed by atoms with E-state index in [-0.39, 0.29) is 5.95 Å². The van der Waals surface area contributed by atoms with Gasteiger partial charge in [0.05, 0.1) is 0 Å². The van der Waals surface area contributed by atoms with Gasteiger partial charge in [0.2, 0.25) is 17.6 Å². The topological polar surface area (TPSA) is 116 Å². The zero-order chi connectivity index (χ0) is 17.8. The molecule has 3 aromatic rings. The summed E-state index contributed by atoms with van der Waals surface area (Å²) >= 11 is 0. The van der Waals surface area contributed by atoms with Gasteiger partial charge in [-0.3, -0.25) is 0 Å². The van der Waals surface area contributed by atoms with Crippen LogP contribution in [-0.2, 0) is 6.42 Å². The van der Waals surface area contributed by atoms with Crippen LogP contribution in [0.1, 0.15) is 43.5 Å². The molecule has 0 radical (unpaired) electrons. The minimum Gasteiger partial charge on any atom is -0.368 e. The van der Waals surface area contributed by atoms with Crippen molar-refractivity contribution in [3.8, 4) is 11.6 Å². The number of hydrogen-bond donors (Lipinski definition) is 2. The Labute approximate surface area is 151 Å². The van der Waals surface area contributed by atoms with Gasteiger partial charge in [0.1, 0.15) is 5.82 Å². The maximum atomic E-state index is 5.84. The highest BCUT2D eigenvalue weighted by Gasteiger charge is 2.18.